The molecule has 0 spiro atoms. The van der Waals surface area contributed by atoms with Crippen molar-refractivity contribution in [2.75, 3.05) is 0 Å². The van der Waals surface area contributed by atoms with Crippen LogP contribution >= 0.6 is 0 Å². The van der Waals surface area contributed by atoms with E-state index < -0.39 is 5.97 Å². The monoisotopic (exact) mass is 273 g/mol. The lowest BCUT2D eigenvalue weighted by molar-refractivity contribution is 0.0696. The van der Waals surface area contributed by atoms with Crippen LogP contribution in [0, 0.1) is 6.92 Å². The molecule has 1 aromatic carbocycles. The van der Waals surface area contributed by atoms with Crippen LogP contribution in [0.1, 0.15) is 58.7 Å². The third kappa shape index (κ3) is 2.01. The fraction of sp³-hybridized carbons (Fsp3) is 0.375. The van der Waals surface area contributed by atoms with Gasteiger partial charge in [0.2, 0.25) is 0 Å². The molecule has 0 aliphatic rings. The van der Waals surface area contributed by atoms with Crippen molar-refractivity contribution < 1.29 is 14.7 Å². The van der Waals surface area contributed by atoms with Gasteiger partial charge in [-0.1, -0.05) is 13.8 Å². The summed E-state index contributed by atoms with van der Waals surface area (Å²) < 4.78 is 1.98. The molecule has 1 aromatic heterocycles. The van der Waals surface area contributed by atoms with Gasteiger partial charge in [-0.3, -0.25) is 4.79 Å². The highest BCUT2D eigenvalue weighted by Crippen LogP contribution is 2.33. The van der Waals surface area contributed by atoms with Gasteiger partial charge in [0, 0.05) is 23.7 Å². The predicted molar refractivity (Wildman–Crippen MR) is 78.7 cm³/mol. The quantitative estimate of drug-likeness (QED) is 0.870. The maximum Gasteiger partial charge on any atom is 0.335 e. The smallest absolute Gasteiger partial charge is 0.335 e. The summed E-state index contributed by atoms with van der Waals surface area (Å²) in [5.41, 5.74) is 3.63. The maximum absolute atomic E-state index is 11.9. The Morgan fingerprint density at radius 3 is 2.30 bits per heavy atom. The van der Waals surface area contributed by atoms with Gasteiger partial charge < -0.3 is 9.67 Å². The molecule has 0 saturated heterocycles. The van der Waals surface area contributed by atoms with E-state index in [1.165, 1.54) is 6.92 Å². The van der Waals surface area contributed by atoms with Gasteiger partial charge in [0.25, 0.3) is 0 Å². The summed E-state index contributed by atoms with van der Waals surface area (Å²) >= 11 is 0. The minimum atomic E-state index is -0.968. The second-order valence-electron chi connectivity index (χ2n) is 5.50. The van der Waals surface area contributed by atoms with Crippen molar-refractivity contribution >= 4 is 22.7 Å². The molecule has 4 heteroatoms. The SMILES string of the molecule is CC(=O)c1c(C)n(C)c2c(C(C)C)cc(C(=O)O)cc12. The van der Waals surface area contributed by atoms with Gasteiger partial charge in [-0.2, -0.15) is 0 Å². The largest absolute Gasteiger partial charge is 0.478 e. The summed E-state index contributed by atoms with van der Waals surface area (Å²) in [7, 11) is 1.91. The van der Waals surface area contributed by atoms with E-state index in [4.69, 9.17) is 0 Å². The van der Waals surface area contributed by atoms with Gasteiger partial charge in [0.05, 0.1) is 11.1 Å². The lowest BCUT2D eigenvalue weighted by Crippen LogP contribution is -2.01. The first-order valence-electron chi connectivity index (χ1n) is 6.62. The highest BCUT2D eigenvalue weighted by molar-refractivity contribution is 6.10. The fourth-order valence-electron chi connectivity index (χ4n) is 2.76. The second kappa shape index (κ2) is 4.78. The number of carbonyl (C=O) groups excluding carboxylic acids is 1. The molecule has 106 valence electrons. The molecular weight excluding hydrogens is 254 g/mol. The van der Waals surface area contributed by atoms with Crippen molar-refractivity contribution in [3.05, 3.63) is 34.5 Å². The van der Waals surface area contributed by atoms with Gasteiger partial charge >= 0.3 is 5.97 Å². The Kier molecular flexibility index (Phi) is 3.42. The molecule has 0 amide bonds. The van der Waals surface area contributed by atoms with Crippen LogP contribution in [0.3, 0.4) is 0 Å². The van der Waals surface area contributed by atoms with E-state index in [0.717, 1.165) is 22.2 Å². The lowest BCUT2D eigenvalue weighted by atomic mass is 9.95. The number of carbonyl (C=O) groups is 2. The number of fused-ring (bicyclic) bond motifs is 1. The molecule has 0 saturated carbocycles. The molecule has 0 radical (unpaired) electrons. The third-order valence-corrected chi connectivity index (χ3v) is 3.83. The number of hydrogen-bond acceptors (Lipinski definition) is 2. The number of benzene rings is 1. The van der Waals surface area contributed by atoms with Crippen LogP contribution in [0.4, 0.5) is 0 Å². The minimum Gasteiger partial charge on any atom is -0.478 e. The van der Waals surface area contributed by atoms with Crippen LogP contribution in [0.25, 0.3) is 10.9 Å². The summed E-state index contributed by atoms with van der Waals surface area (Å²) in [5, 5.41) is 10.0. The Morgan fingerprint density at radius 1 is 1.25 bits per heavy atom. The van der Waals surface area contributed by atoms with E-state index in [9.17, 15) is 14.7 Å². The number of nitrogens with zero attached hydrogens (tertiary/aromatic N) is 1. The van der Waals surface area contributed by atoms with Crippen LogP contribution in [0.15, 0.2) is 12.1 Å². The summed E-state index contributed by atoms with van der Waals surface area (Å²) in [6, 6.07) is 3.31. The standard InChI is InChI=1S/C16H19NO3/c1-8(2)12-6-11(16(19)20)7-13-14(10(4)18)9(3)17(5)15(12)13/h6-8H,1-5H3,(H,19,20). The summed E-state index contributed by atoms with van der Waals surface area (Å²) in [6.45, 7) is 7.46. The van der Waals surface area contributed by atoms with Crippen LogP contribution in [0.2, 0.25) is 0 Å². The van der Waals surface area contributed by atoms with Crippen molar-refractivity contribution in [3.63, 3.8) is 0 Å². The molecule has 2 aromatic rings. The molecule has 0 fully saturated rings. The molecule has 0 bridgehead atoms. The van der Waals surface area contributed by atoms with E-state index in [2.05, 4.69) is 0 Å². The molecule has 20 heavy (non-hydrogen) atoms. The first kappa shape index (κ1) is 14.3. The summed E-state index contributed by atoms with van der Waals surface area (Å²) in [5.74, 6) is -0.820. The molecule has 2 rings (SSSR count). The fourth-order valence-corrected chi connectivity index (χ4v) is 2.76. The minimum absolute atomic E-state index is 0.0367. The molecule has 4 nitrogen and oxygen atoms in total. The zero-order valence-electron chi connectivity index (χ0n) is 12.4. The Balaban J connectivity index is 3.01. The normalized spacial score (nSPS) is 11.3. The van der Waals surface area contributed by atoms with E-state index in [1.807, 2.05) is 32.4 Å². The van der Waals surface area contributed by atoms with E-state index in [1.54, 1.807) is 12.1 Å². The highest BCUT2D eigenvalue weighted by Gasteiger charge is 2.21. The molecular formula is C16H19NO3. The zero-order chi connectivity index (χ0) is 15.2. The first-order valence-corrected chi connectivity index (χ1v) is 6.62. The number of rotatable bonds is 3. The van der Waals surface area contributed by atoms with Gasteiger partial charge in [0.15, 0.2) is 5.78 Å². The lowest BCUT2D eigenvalue weighted by Gasteiger charge is -2.11. The van der Waals surface area contributed by atoms with Crippen LogP contribution in [-0.2, 0) is 7.05 Å². The van der Waals surface area contributed by atoms with Crippen molar-refractivity contribution in [3.8, 4) is 0 Å². The summed E-state index contributed by atoms with van der Waals surface area (Å²) in [6.07, 6.45) is 0. The van der Waals surface area contributed by atoms with Crippen molar-refractivity contribution in [1.82, 2.24) is 4.57 Å². The Morgan fingerprint density at radius 2 is 1.85 bits per heavy atom. The number of carboxylic acids is 1. The highest BCUT2D eigenvalue weighted by atomic mass is 16.4. The first-order chi connectivity index (χ1) is 9.25. The van der Waals surface area contributed by atoms with Gasteiger partial charge in [0.1, 0.15) is 0 Å². The number of Topliss-reactive ketones (excluding diaryl/α,β-unsaturated/α-hetero) is 1. The van der Waals surface area contributed by atoms with Crippen LogP contribution in [-0.4, -0.2) is 21.4 Å². The molecule has 0 atom stereocenters. The number of aryl methyl sites for hydroxylation is 1. The van der Waals surface area contributed by atoms with Gasteiger partial charge in [-0.15, -0.1) is 0 Å². The Hall–Kier alpha value is -2.10. The summed E-state index contributed by atoms with van der Waals surface area (Å²) in [4.78, 5) is 23.2. The van der Waals surface area contributed by atoms with Gasteiger partial charge in [-0.25, -0.2) is 4.79 Å². The molecule has 1 N–H and O–H groups in total. The van der Waals surface area contributed by atoms with E-state index >= 15 is 0 Å². The second-order valence-corrected chi connectivity index (χ2v) is 5.50. The van der Waals surface area contributed by atoms with E-state index in [-0.39, 0.29) is 17.3 Å². The van der Waals surface area contributed by atoms with Gasteiger partial charge in [-0.05, 0) is 37.5 Å². The maximum atomic E-state index is 11.9. The predicted octanol–water partition coefficient (Wildman–Crippen LogP) is 3.51. The number of hydrogen-bond donors (Lipinski definition) is 1. The zero-order valence-corrected chi connectivity index (χ0v) is 12.4. The molecule has 0 aliphatic carbocycles. The van der Waals surface area contributed by atoms with Crippen LogP contribution in [0.5, 0.6) is 0 Å². The Labute approximate surface area is 118 Å². The van der Waals surface area contributed by atoms with Crippen molar-refractivity contribution in [2.45, 2.75) is 33.6 Å². The molecule has 0 unspecified atom stereocenters. The molecule has 1 heterocycles. The number of carboxylic acid groups (broad SMARTS) is 1. The number of aromatic nitrogens is 1. The topological polar surface area (TPSA) is 59.3 Å². The number of aromatic carboxylic acids is 1. The third-order valence-electron chi connectivity index (χ3n) is 3.83. The van der Waals surface area contributed by atoms with Crippen molar-refractivity contribution in [2.24, 2.45) is 7.05 Å². The molecule has 0 aliphatic heterocycles. The average Bonchev–Trinajstić information content (AvgIpc) is 2.60. The van der Waals surface area contributed by atoms with E-state index in [0.29, 0.717) is 5.56 Å². The van der Waals surface area contributed by atoms with Crippen molar-refractivity contribution in [1.29, 1.82) is 0 Å². The number of ketones is 1. The Bertz CT molecular complexity index is 723. The van der Waals surface area contributed by atoms with Crippen LogP contribution < -0.4 is 0 Å². The average molecular weight is 273 g/mol.